The fourth-order valence-corrected chi connectivity index (χ4v) is 5.31. The highest BCUT2D eigenvalue weighted by molar-refractivity contribution is 5.71. The number of nitrogens with zero attached hydrogens (tertiary/aromatic N) is 1. The van der Waals surface area contributed by atoms with E-state index in [9.17, 15) is 19.5 Å². The minimum absolute atomic E-state index is 0.177. The minimum atomic E-state index is -1.50. The fourth-order valence-electron chi connectivity index (χ4n) is 5.31. The van der Waals surface area contributed by atoms with Gasteiger partial charge in [0.1, 0.15) is 13.2 Å². The van der Waals surface area contributed by atoms with Gasteiger partial charge in [-0.05, 0) is 12.8 Å². The summed E-state index contributed by atoms with van der Waals surface area (Å²) < 4.78 is 22.5. The molecule has 0 amide bonds. The number of carbonyl (C=O) groups is 3. The van der Waals surface area contributed by atoms with E-state index in [2.05, 4.69) is 13.8 Å². The van der Waals surface area contributed by atoms with Crippen molar-refractivity contribution in [3.8, 4) is 0 Å². The van der Waals surface area contributed by atoms with Crippen LogP contribution < -0.4 is 0 Å². The summed E-state index contributed by atoms with van der Waals surface area (Å²) in [6.07, 6.45) is 24.9. The molecule has 0 radical (unpaired) electrons. The molecule has 2 atom stereocenters. The Morgan fingerprint density at radius 2 is 0.957 bits per heavy atom. The monoisotopic (exact) mass is 673 g/mol. The van der Waals surface area contributed by atoms with Crippen LogP contribution in [-0.2, 0) is 33.3 Å². The average molecular weight is 673 g/mol. The number of hydrogen-bond donors (Lipinski definition) is 1. The molecule has 0 aromatic rings. The largest absolute Gasteiger partial charge is 0.477 e. The number of carboxylic acid groups (broad SMARTS) is 1. The molecule has 2 unspecified atom stereocenters. The van der Waals surface area contributed by atoms with E-state index in [1.807, 2.05) is 21.1 Å². The van der Waals surface area contributed by atoms with Crippen LogP contribution in [0.15, 0.2) is 0 Å². The molecule has 0 aliphatic carbocycles. The lowest BCUT2D eigenvalue weighted by Crippen LogP contribution is -2.40. The number of carboxylic acids is 1. The van der Waals surface area contributed by atoms with E-state index in [0.717, 1.165) is 51.4 Å². The molecule has 0 fully saturated rings. The van der Waals surface area contributed by atoms with Crippen molar-refractivity contribution in [2.45, 2.75) is 180 Å². The third-order valence-electron chi connectivity index (χ3n) is 8.36. The van der Waals surface area contributed by atoms with Gasteiger partial charge in [0.05, 0.1) is 34.4 Å². The Balaban J connectivity index is 4.33. The Morgan fingerprint density at radius 3 is 1.36 bits per heavy atom. The first-order valence-corrected chi connectivity index (χ1v) is 19.2. The molecule has 0 spiro atoms. The molecular formula is C38H74NO8+. The Hall–Kier alpha value is -1.71. The summed E-state index contributed by atoms with van der Waals surface area (Å²) in [5.74, 6) is -2.01. The number of esters is 2. The van der Waals surface area contributed by atoms with Crippen molar-refractivity contribution in [2.75, 3.05) is 47.5 Å². The molecule has 0 saturated carbocycles. The van der Waals surface area contributed by atoms with Gasteiger partial charge in [0.15, 0.2) is 6.10 Å². The van der Waals surface area contributed by atoms with Crippen LogP contribution in [0.5, 0.6) is 0 Å². The number of rotatable bonds is 35. The lowest BCUT2D eigenvalue weighted by atomic mass is 10.0. The van der Waals surface area contributed by atoms with Crippen molar-refractivity contribution < 1.29 is 42.9 Å². The van der Waals surface area contributed by atoms with Crippen molar-refractivity contribution >= 4 is 17.9 Å². The maximum absolute atomic E-state index is 12.6. The average Bonchev–Trinajstić information content (AvgIpc) is 3.01. The van der Waals surface area contributed by atoms with Crippen LogP contribution in [0.4, 0.5) is 0 Å². The van der Waals surface area contributed by atoms with Crippen LogP contribution in [0, 0.1) is 0 Å². The highest BCUT2D eigenvalue weighted by Gasteiger charge is 2.25. The van der Waals surface area contributed by atoms with Crippen LogP contribution in [0.1, 0.15) is 168 Å². The molecule has 0 saturated heterocycles. The number of aliphatic carboxylic acids is 1. The van der Waals surface area contributed by atoms with Crippen LogP contribution in [0.3, 0.4) is 0 Å². The molecule has 0 aromatic heterocycles. The zero-order chi connectivity index (χ0) is 35.0. The van der Waals surface area contributed by atoms with Crippen LogP contribution in [0.25, 0.3) is 0 Å². The van der Waals surface area contributed by atoms with E-state index in [-0.39, 0.29) is 32.2 Å². The zero-order valence-electron chi connectivity index (χ0n) is 31.2. The van der Waals surface area contributed by atoms with Crippen molar-refractivity contribution in [1.29, 1.82) is 0 Å². The summed E-state index contributed by atoms with van der Waals surface area (Å²) in [5.41, 5.74) is 0. The van der Waals surface area contributed by atoms with Crippen LogP contribution in [0.2, 0.25) is 0 Å². The summed E-state index contributed by atoms with van der Waals surface area (Å²) in [5, 5.41) is 9.54. The molecule has 0 aliphatic rings. The summed E-state index contributed by atoms with van der Waals surface area (Å²) in [6, 6.07) is 0. The Bertz CT molecular complexity index is 754. The third kappa shape index (κ3) is 32.6. The van der Waals surface area contributed by atoms with E-state index < -0.39 is 24.3 Å². The quantitative estimate of drug-likeness (QED) is 0.0308. The molecule has 9 heteroatoms. The number of unbranched alkanes of at least 4 members (excludes halogenated alkanes) is 20. The highest BCUT2D eigenvalue weighted by atomic mass is 16.7. The number of likely N-dealkylation sites (N-methyl/N-ethyl adjacent to an activating group) is 1. The molecular weight excluding hydrogens is 598 g/mol. The van der Waals surface area contributed by atoms with Gasteiger partial charge in [-0.25, -0.2) is 4.79 Å². The second-order valence-corrected chi connectivity index (χ2v) is 14.3. The SMILES string of the molecule is CCCCCCCCCCCCCCCCCCCC(=O)OC(COC(=O)CCCCCCC)COC(OCC[N+](C)(C)C)C(=O)O. The van der Waals surface area contributed by atoms with Gasteiger partial charge < -0.3 is 28.5 Å². The Morgan fingerprint density at radius 1 is 0.553 bits per heavy atom. The normalized spacial score (nSPS) is 13.0. The summed E-state index contributed by atoms with van der Waals surface area (Å²) in [6.45, 7) is 4.78. The smallest absolute Gasteiger partial charge is 0.361 e. The molecule has 278 valence electrons. The molecule has 47 heavy (non-hydrogen) atoms. The number of ether oxygens (including phenoxy) is 4. The first kappa shape index (κ1) is 45.3. The molecule has 9 nitrogen and oxygen atoms in total. The molecule has 0 aromatic carbocycles. The van der Waals surface area contributed by atoms with Crippen molar-refractivity contribution in [3.05, 3.63) is 0 Å². The van der Waals surface area contributed by atoms with Crippen molar-refractivity contribution in [3.63, 3.8) is 0 Å². The van der Waals surface area contributed by atoms with Crippen molar-refractivity contribution in [1.82, 2.24) is 0 Å². The first-order valence-electron chi connectivity index (χ1n) is 19.2. The zero-order valence-corrected chi connectivity index (χ0v) is 31.2. The van der Waals surface area contributed by atoms with Crippen molar-refractivity contribution in [2.24, 2.45) is 0 Å². The molecule has 1 N–H and O–H groups in total. The van der Waals surface area contributed by atoms with E-state index in [1.165, 1.54) is 89.9 Å². The Kier molecular flexibility index (Phi) is 30.4. The summed E-state index contributed by atoms with van der Waals surface area (Å²) in [4.78, 5) is 36.6. The van der Waals surface area contributed by atoms with Gasteiger partial charge in [0.2, 0.25) is 0 Å². The summed E-state index contributed by atoms with van der Waals surface area (Å²) >= 11 is 0. The highest BCUT2D eigenvalue weighted by Crippen LogP contribution is 2.15. The van der Waals surface area contributed by atoms with E-state index in [0.29, 0.717) is 17.4 Å². The van der Waals surface area contributed by atoms with Gasteiger partial charge in [0.25, 0.3) is 6.29 Å². The van der Waals surface area contributed by atoms with Crippen LogP contribution >= 0.6 is 0 Å². The first-order chi connectivity index (χ1) is 22.6. The van der Waals surface area contributed by atoms with Gasteiger partial charge in [-0.15, -0.1) is 0 Å². The second kappa shape index (κ2) is 31.6. The van der Waals surface area contributed by atoms with Gasteiger partial charge in [-0.2, -0.15) is 0 Å². The minimum Gasteiger partial charge on any atom is -0.477 e. The number of quaternary nitrogens is 1. The molecule has 0 rings (SSSR count). The molecule has 0 aliphatic heterocycles. The van der Waals surface area contributed by atoms with E-state index in [4.69, 9.17) is 18.9 Å². The maximum Gasteiger partial charge on any atom is 0.361 e. The topological polar surface area (TPSA) is 108 Å². The van der Waals surface area contributed by atoms with Gasteiger partial charge in [0, 0.05) is 12.8 Å². The Labute approximate surface area is 288 Å². The van der Waals surface area contributed by atoms with Gasteiger partial charge in [-0.3, -0.25) is 9.59 Å². The van der Waals surface area contributed by atoms with E-state index in [1.54, 1.807) is 0 Å². The van der Waals surface area contributed by atoms with Gasteiger partial charge in [-0.1, -0.05) is 142 Å². The lowest BCUT2D eigenvalue weighted by Gasteiger charge is -2.25. The number of carbonyl (C=O) groups excluding carboxylic acids is 2. The molecule has 0 bridgehead atoms. The third-order valence-corrected chi connectivity index (χ3v) is 8.36. The second-order valence-electron chi connectivity index (χ2n) is 14.3. The molecule has 0 heterocycles. The predicted octanol–water partition coefficient (Wildman–Crippen LogP) is 8.99. The standard InChI is InChI=1S/C38H73NO8/c1-6-8-10-12-13-14-15-16-17-18-19-20-21-22-23-25-27-29-36(41)47-34(32-45-35(40)28-26-24-11-9-7-2)33-46-38(37(42)43)44-31-30-39(3,4)5/h34,38H,6-33H2,1-5H3/p+1. The fraction of sp³-hybridized carbons (Fsp3) is 0.921. The predicted molar refractivity (Wildman–Crippen MR) is 189 cm³/mol. The van der Waals surface area contributed by atoms with E-state index >= 15 is 0 Å². The van der Waals surface area contributed by atoms with Crippen LogP contribution in [-0.4, -0.2) is 87.4 Å². The lowest BCUT2D eigenvalue weighted by molar-refractivity contribution is -0.870. The number of hydrogen-bond acceptors (Lipinski definition) is 7. The summed E-state index contributed by atoms with van der Waals surface area (Å²) in [7, 11) is 5.94. The maximum atomic E-state index is 12.6. The van der Waals surface area contributed by atoms with Gasteiger partial charge >= 0.3 is 17.9 Å².